The van der Waals surface area contributed by atoms with Gasteiger partial charge in [-0.05, 0) is 43.4 Å². The Morgan fingerprint density at radius 1 is 1.39 bits per heavy atom. The lowest BCUT2D eigenvalue weighted by Crippen LogP contribution is -2.07. The number of hydrogen-bond donors (Lipinski definition) is 0. The normalized spacial score (nSPS) is 19.1. The lowest BCUT2D eigenvalue weighted by Gasteiger charge is -2.10. The van der Waals surface area contributed by atoms with E-state index < -0.39 is 0 Å². The van der Waals surface area contributed by atoms with Crippen molar-refractivity contribution in [2.75, 3.05) is 13.2 Å². The summed E-state index contributed by atoms with van der Waals surface area (Å²) in [5.41, 5.74) is 0.893. The van der Waals surface area contributed by atoms with Gasteiger partial charge in [0.05, 0.1) is 12.7 Å². The van der Waals surface area contributed by atoms with Crippen molar-refractivity contribution in [1.29, 1.82) is 0 Å². The number of hydrogen-bond acceptors (Lipinski definition) is 2. The van der Waals surface area contributed by atoms with Gasteiger partial charge in [-0.3, -0.25) is 0 Å². The van der Waals surface area contributed by atoms with Crippen molar-refractivity contribution < 1.29 is 13.9 Å². The van der Waals surface area contributed by atoms with E-state index in [1.165, 1.54) is 18.6 Å². The van der Waals surface area contributed by atoms with Crippen molar-refractivity contribution in [2.24, 2.45) is 0 Å². The van der Waals surface area contributed by atoms with Crippen LogP contribution in [-0.2, 0) is 10.1 Å². The van der Waals surface area contributed by atoms with E-state index in [1.807, 2.05) is 6.07 Å². The van der Waals surface area contributed by atoms with Crippen LogP contribution in [0.5, 0.6) is 5.75 Å². The molecule has 2 nitrogen and oxygen atoms in total. The molecule has 0 N–H and O–H groups in total. The van der Waals surface area contributed by atoms with Gasteiger partial charge >= 0.3 is 0 Å². The quantitative estimate of drug-likeness (QED) is 0.582. The molecule has 0 spiro atoms. The van der Waals surface area contributed by atoms with Crippen LogP contribution in [0.1, 0.15) is 31.2 Å². The van der Waals surface area contributed by atoms with E-state index in [0.717, 1.165) is 31.4 Å². The van der Waals surface area contributed by atoms with Crippen molar-refractivity contribution in [3.8, 4) is 5.75 Å². The Bertz CT molecular complexity index is 378. The van der Waals surface area contributed by atoms with Gasteiger partial charge in [0.1, 0.15) is 11.6 Å². The highest BCUT2D eigenvalue weighted by Crippen LogP contribution is 2.20. The molecule has 0 radical (unpaired) electrons. The average molecular weight is 317 g/mol. The third-order valence-corrected chi connectivity index (χ3v) is 3.70. The second-order valence-electron chi connectivity index (χ2n) is 4.55. The first kappa shape index (κ1) is 13.8. The second-order valence-corrected chi connectivity index (χ2v) is 5.12. The molecule has 1 atom stereocenters. The van der Waals surface area contributed by atoms with Crippen LogP contribution >= 0.6 is 15.9 Å². The van der Waals surface area contributed by atoms with Gasteiger partial charge in [-0.25, -0.2) is 4.39 Å². The van der Waals surface area contributed by atoms with Crippen LogP contribution in [0.25, 0.3) is 0 Å². The molecule has 1 heterocycles. The van der Waals surface area contributed by atoms with Gasteiger partial charge in [-0.15, -0.1) is 0 Å². The van der Waals surface area contributed by atoms with Crippen LogP contribution < -0.4 is 4.74 Å². The van der Waals surface area contributed by atoms with Gasteiger partial charge in [0.25, 0.3) is 0 Å². The Labute approximate surface area is 116 Å². The van der Waals surface area contributed by atoms with Crippen LogP contribution in [0.2, 0.25) is 0 Å². The predicted octanol–water partition coefficient (Wildman–Crippen LogP) is 4.06. The molecular weight excluding hydrogens is 299 g/mol. The van der Waals surface area contributed by atoms with Crippen molar-refractivity contribution >= 4 is 15.9 Å². The fourth-order valence-corrected chi connectivity index (χ4v) is 2.48. The van der Waals surface area contributed by atoms with Crippen LogP contribution in [0, 0.1) is 5.82 Å². The number of halogens is 2. The zero-order valence-corrected chi connectivity index (χ0v) is 11.9. The fourth-order valence-electron chi connectivity index (χ4n) is 2.15. The number of ether oxygens (including phenoxy) is 2. The van der Waals surface area contributed by atoms with E-state index in [9.17, 15) is 4.39 Å². The highest BCUT2D eigenvalue weighted by Gasteiger charge is 2.14. The standard InChI is InChI=1S/C14H18BrFO2/c15-10-11-7-12(16)9-14(8-11)18-6-2-4-13-3-1-5-17-13/h7-9,13H,1-6,10H2. The van der Waals surface area contributed by atoms with Crippen LogP contribution in [-0.4, -0.2) is 19.3 Å². The lowest BCUT2D eigenvalue weighted by atomic mass is 10.1. The monoisotopic (exact) mass is 316 g/mol. The minimum Gasteiger partial charge on any atom is -0.493 e. The molecule has 1 aromatic carbocycles. The zero-order chi connectivity index (χ0) is 12.8. The summed E-state index contributed by atoms with van der Waals surface area (Å²) in [4.78, 5) is 0. The van der Waals surface area contributed by atoms with E-state index in [0.29, 0.717) is 23.8 Å². The molecule has 18 heavy (non-hydrogen) atoms. The summed E-state index contributed by atoms with van der Waals surface area (Å²) in [6.07, 6.45) is 4.71. The number of benzene rings is 1. The molecule has 2 rings (SSSR count). The Morgan fingerprint density at radius 3 is 3.00 bits per heavy atom. The van der Waals surface area contributed by atoms with Crippen molar-refractivity contribution in [3.63, 3.8) is 0 Å². The Morgan fingerprint density at radius 2 is 2.28 bits per heavy atom. The molecule has 0 aromatic heterocycles. The van der Waals surface area contributed by atoms with E-state index in [-0.39, 0.29) is 5.82 Å². The minimum absolute atomic E-state index is 0.249. The van der Waals surface area contributed by atoms with E-state index in [4.69, 9.17) is 9.47 Å². The molecular formula is C14H18BrFO2. The molecule has 100 valence electrons. The first-order valence-electron chi connectivity index (χ1n) is 6.38. The molecule has 1 saturated heterocycles. The Balaban J connectivity index is 1.73. The van der Waals surface area contributed by atoms with Gasteiger partial charge in [-0.1, -0.05) is 15.9 Å². The molecule has 1 aliphatic heterocycles. The van der Waals surface area contributed by atoms with Gasteiger partial charge in [0, 0.05) is 18.0 Å². The maximum Gasteiger partial charge on any atom is 0.127 e. The summed E-state index contributed by atoms with van der Waals surface area (Å²) >= 11 is 3.31. The fraction of sp³-hybridized carbons (Fsp3) is 0.571. The van der Waals surface area contributed by atoms with Crippen molar-refractivity contribution in [1.82, 2.24) is 0 Å². The largest absolute Gasteiger partial charge is 0.493 e. The molecule has 4 heteroatoms. The third-order valence-electron chi connectivity index (χ3n) is 3.05. The molecule has 0 bridgehead atoms. The average Bonchev–Trinajstić information content (AvgIpc) is 2.87. The van der Waals surface area contributed by atoms with Gasteiger partial charge in [0.15, 0.2) is 0 Å². The molecule has 0 aliphatic carbocycles. The second kappa shape index (κ2) is 7.10. The number of alkyl halides is 1. The van der Waals surface area contributed by atoms with Gasteiger partial charge in [0.2, 0.25) is 0 Å². The smallest absolute Gasteiger partial charge is 0.127 e. The van der Waals surface area contributed by atoms with Crippen LogP contribution in [0.4, 0.5) is 4.39 Å². The van der Waals surface area contributed by atoms with Crippen LogP contribution in [0.3, 0.4) is 0 Å². The van der Waals surface area contributed by atoms with Gasteiger partial charge < -0.3 is 9.47 Å². The molecule has 1 aliphatic rings. The van der Waals surface area contributed by atoms with E-state index in [2.05, 4.69) is 15.9 Å². The van der Waals surface area contributed by atoms with Crippen molar-refractivity contribution in [3.05, 3.63) is 29.6 Å². The maximum absolute atomic E-state index is 13.2. The predicted molar refractivity (Wildman–Crippen MR) is 72.7 cm³/mol. The number of rotatable bonds is 6. The molecule has 1 fully saturated rings. The SMILES string of the molecule is Fc1cc(CBr)cc(OCCCC2CCCO2)c1. The van der Waals surface area contributed by atoms with E-state index >= 15 is 0 Å². The molecule has 0 amide bonds. The van der Waals surface area contributed by atoms with Crippen LogP contribution in [0.15, 0.2) is 18.2 Å². The molecule has 1 unspecified atom stereocenters. The Hall–Kier alpha value is -0.610. The van der Waals surface area contributed by atoms with E-state index in [1.54, 1.807) is 0 Å². The van der Waals surface area contributed by atoms with Gasteiger partial charge in [-0.2, -0.15) is 0 Å². The first-order valence-corrected chi connectivity index (χ1v) is 7.50. The zero-order valence-electron chi connectivity index (χ0n) is 10.3. The first-order chi connectivity index (χ1) is 8.78. The summed E-state index contributed by atoms with van der Waals surface area (Å²) in [5, 5.41) is 0.636. The molecule has 0 saturated carbocycles. The summed E-state index contributed by atoms with van der Waals surface area (Å²) < 4.78 is 24.4. The summed E-state index contributed by atoms with van der Waals surface area (Å²) in [6.45, 7) is 1.51. The highest BCUT2D eigenvalue weighted by atomic mass is 79.9. The summed E-state index contributed by atoms with van der Waals surface area (Å²) in [7, 11) is 0. The Kier molecular flexibility index (Phi) is 5.45. The topological polar surface area (TPSA) is 18.5 Å². The minimum atomic E-state index is -0.249. The highest BCUT2D eigenvalue weighted by molar-refractivity contribution is 9.08. The lowest BCUT2D eigenvalue weighted by molar-refractivity contribution is 0.0981. The third kappa shape index (κ3) is 4.25. The maximum atomic E-state index is 13.2. The summed E-state index contributed by atoms with van der Waals surface area (Å²) in [6, 6.07) is 4.80. The van der Waals surface area contributed by atoms with Crippen molar-refractivity contribution in [2.45, 2.75) is 37.1 Å². The molecule has 1 aromatic rings. The summed E-state index contributed by atoms with van der Waals surface area (Å²) in [5.74, 6) is 0.359.